The lowest BCUT2D eigenvalue weighted by Gasteiger charge is -2.31. The minimum atomic E-state index is -4.66. The van der Waals surface area contributed by atoms with Gasteiger partial charge >= 0.3 is 12.1 Å². The number of nitrogens with zero attached hydrogens (tertiary/aromatic N) is 4. The molecule has 1 aliphatic carbocycles. The van der Waals surface area contributed by atoms with Crippen LogP contribution in [0, 0.1) is 5.92 Å². The molecule has 1 aliphatic heterocycles. The molecule has 0 radical (unpaired) electrons. The summed E-state index contributed by atoms with van der Waals surface area (Å²) in [4.78, 5) is 23.8. The van der Waals surface area contributed by atoms with Gasteiger partial charge in [-0.3, -0.25) is 4.79 Å². The Balaban J connectivity index is 1.35. The van der Waals surface area contributed by atoms with E-state index in [9.17, 15) is 18.0 Å². The van der Waals surface area contributed by atoms with E-state index < -0.39 is 12.1 Å². The highest BCUT2D eigenvalue weighted by Crippen LogP contribution is 2.29. The molecular weight excluding hydrogens is 387 g/mol. The first kappa shape index (κ1) is 19.4. The molecular formula is C19H18F3N5O2. The first-order chi connectivity index (χ1) is 13.8. The summed E-state index contributed by atoms with van der Waals surface area (Å²) < 4.78 is 42.0. The zero-order valence-electron chi connectivity index (χ0n) is 15.5. The molecule has 7 nitrogen and oxygen atoms in total. The van der Waals surface area contributed by atoms with Crippen LogP contribution < -0.4 is 5.32 Å². The Morgan fingerprint density at radius 3 is 2.66 bits per heavy atom. The number of amides is 1. The third-order valence-electron chi connectivity index (χ3n) is 5.02. The van der Waals surface area contributed by atoms with Gasteiger partial charge in [-0.1, -0.05) is 29.4 Å². The summed E-state index contributed by atoms with van der Waals surface area (Å²) in [6, 6.07) is 7.05. The van der Waals surface area contributed by atoms with Crippen LogP contribution in [0.25, 0.3) is 11.4 Å². The number of aliphatic imine (C=N–C) groups is 2. The van der Waals surface area contributed by atoms with Gasteiger partial charge in [0, 0.05) is 23.9 Å². The highest BCUT2D eigenvalue weighted by atomic mass is 19.4. The van der Waals surface area contributed by atoms with Gasteiger partial charge in [0.15, 0.2) is 0 Å². The standard InChI is InChI=1S/C19H18F3N5O2/c1-10-24-15-7-6-13(8-14(15)17(28)25-10)23-9-11-2-4-12(5-3-11)16-26-18(29-27-16)19(20,21)22/h2-5,13-14,23H,6-9H2,1H3. The second-order valence-corrected chi connectivity index (χ2v) is 7.12. The Hall–Kier alpha value is -2.88. The monoisotopic (exact) mass is 405 g/mol. The van der Waals surface area contributed by atoms with Crippen molar-refractivity contribution in [2.45, 2.75) is 44.9 Å². The predicted octanol–water partition coefficient (Wildman–Crippen LogP) is 3.41. The maximum Gasteiger partial charge on any atom is 0.471 e. The average Bonchev–Trinajstić information content (AvgIpc) is 3.18. The molecule has 2 unspecified atom stereocenters. The van der Waals surface area contributed by atoms with Crippen LogP contribution in [-0.4, -0.2) is 33.6 Å². The maximum atomic E-state index is 12.6. The number of halogens is 3. The van der Waals surface area contributed by atoms with Crippen LogP contribution in [-0.2, 0) is 17.5 Å². The lowest BCUT2D eigenvalue weighted by Crippen LogP contribution is -2.41. The Morgan fingerprint density at radius 1 is 1.21 bits per heavy atom. The third-order valence-corrected chi connectivity index (χ3v) is 5.02. The van der Waals surface area contributed by atoms with E-state index in [0.29, 0.717) is 24.4 Å². The van der Waals surface area contributed by atoms with Gasteiger partial charge in [0.05, 0.1) is 5.92 Å². The molecule has 29 heavy (non-hydrogen) atoms. The lowest BCUT2D eigenvalue weighted by molar-refractivity contribution is -0.159. The molecule has 4 rings (SSSR count). The summed E-state index contributed by atoms with van der Waals surface area (Å²) in [5.74, 6) is -1.32. The quantitative estimate of drug-likeness (QED) is 0.842. The fraction of sp³-hybridized carbons (Fsp3) is 0.421. The first-order valence-corrected chi connectivity index (χ1v) is 9.20. The van der Waals surface area contributed by atoms with E-state index in [1.54, 1.807) is 31.2 Å². The van der Waals surface area contributed by atoms with Crippen molar-refractivity contribution in [1.82, 2.24) is 15.5 Å². The van der Waals surface area contributed by atoms with Gasteiger partial charge in [-0.05, 0) is 31.7 Å². The van der Waals surface area contributed by atoms with Gasteiger partial charge in [0.2, 0.25) is 5.82 Å². The molecule has 1 saturated carbocycles. The van der Waals surface area contributed by atoms with E-state index >= 15 is 0 Å². The number of alkyl halides is 3. The van der Waals surface area contributed by atoms with Gasteiger partial charge in [-0.15, -0.1) is 0 Å². The number of benzene rings is 1. The van der Waals surface area contributed by atoms with Gasteiger partial charge < -0.3 is 9.84 Å². The van der Waals surface area contributed by atoms with Gasteiger partial charge in [0.25, 0.3) is 5.91 Å². The molecule has 2 aliphatic rings. The molecule has 0 saturated heterocycles. The van der Waals surface area contributed by atoms with Crippen LogP contribution in [0.3, 0.4) is 0 Å². The Bertz CT molecular complexity index is 978. The summed E-state index contributed by atoms with van der Waals surface area (Å²) in [6.07, 6.45) is -2.35. The highest BCUT2D eigenvalue weighted by molar-refractivity contribution is 6.15. The number of nitrogens with one attached hydrogen (secondary N) is 1. The van der Waals surface area contributed by atoms with Crippen molar-refractivity contribution in [2.75, 3.05) is 0 Å². The Labute approximate surface area is 164 Å². The highest BCUT2D eigenvalue weighted by Gasteiger charge is 2.38. The van der Waals surface area contributed by atoms with Crippen molar-refractivity contribution < 1.29 is 22.5 Å². The van der Waals surface area contributed by atoms with E-state index in [1.807, 2.05) is 0 Å². The Morgan fingerprint density at radius 2 is 1.97 bits per heavy atom. The van der Waals surface area contributed by atoms with Gasteiger partial charge in [-0.25, -0.2) is 4.99 Å². The van der Waals surface area contributed by atoms with Crippen molar-refractivity contribution in [3.63, 3.8) is 0 Å². The number of hydrogen-bond acceptors (Lipinski definition) is 6. The number of carbonyl (C=O) groups is 1. The zero-order valence-corrected chi connectivity index (χ0v) is 15.5. The fourth-order valence-corrected chi connectivity index (χ4v) is 3.56. The van der Waals surface area contributed by atoms with E-state index in [1.165, 1.54) is 0 Å². The minimum absolute atomic E-state index is 0.109. The smallest absolute Gasteiger partial charge is 0.329 e. The SMILES string of the molecule is CC1=NC(=O)C2CC(NCc3ccc(-c4noc(C(F)(F)F)n4)cc3)CCC2=N1. The molecule has 1 N–H and O–H groups in total. The van der Waals surface area contributed by atoms with Crippen molar-refractivity contribution in [3.8, 4) is 11.4 Å². The van der Waals surface area contributed by atoms with E-state index in [-0.39, 0.29) is 23.7 Å². The largest absolute Gasteiger partial charge is 0.471 e. The molecule has 1 amide bonds. The minimum Gasteiger partial charge on any atom is -0.329 e. The van der Waals surface area contributed by atoms with Crippen molar-refractivity contribution in [1.29, 1.82) is 0 Å². The second-order valence-electron chi connectivity index (χ2n) is 7.12. The lowest BCUT2D eigenvalue weighted by atomic mass is 9.82. The van der Waals surface area contributed by atoms with Crippen molar-refractivity contribution in [3.05, 3.63) is 35.7 Å². The van der Waals surface area contributed by atoms with E-state index in [4.69, 9.17) is 0 Å². The molecule has 2 atom stereocenters. The van der Waals surface area contributed by atoms with Crippen molar-refractivity contribution >= 4 is 17.5 Å². The van der Waals surface area contributed by atoms with Crippen LogP contribution >= 0.6 is 0 Å². The molecule has 0 bridgehead atoms. The number of rotatable bonds is 4. The molecule has 0 spiro atoms. The normalized spacial score (nSPS) is 22.1. The third kappa shape index (κ3) is 4.26. The summed E-state index contributed by atoms with van der Waals surface area (Å²) in [6.45, 7) is 2.30. The topological polar surface area (TPSA) is 92.7 Å². The maximum absolute atomic E-state index is 12.6. The van der Waals surface area contributed by atoms with Crippen LogP contribution in [0.4, 0.5) is 13.2 Å². The molecule has 2 heterocycles. The second kappa shape index (κ2) is 7.51. The van der Waals surface area contributed by atoms with Crippen molar-refractivity contribution in [2.24, 2.45) is 15.9 Å². The summed E-state index contributed by atoms with van der Waals surface area (Å²) in [5.41, 5.74) is 2.31. The van der Waals surface area contributed by atoms with Crippen LogP contribution in [0.1, 0.15) is 37.6 Å². The fourth-order valence-electron chi connectivity index (χ4n) is 3.56. The molecule has 152 valence electrons. The van der Waals surface area contributed by atoms with Gasteiger partial charge in [-0.2, -0.15) is 23.1 Å². The number of carbonyl (C=O) groups excluding carboxylic acids is 1. The number of aromatic nitrogens is 2. The van der Waals surface area contributed by atoms with E-state index in [0.717, 1.165) is 24.1 Å². The summed E-state index contributed by atoms with van der Waals surface area (Å²) in [7, 11) is 0. The number of amidine groups is 1. The molecule has 1 aromatic carbocycles. The number of hydrogen-bond donors (Lipinski definition) is 1. The molecule has 2 aromatic rings. The summed E-state index contributed by atoms with van der Waals surface area (Å²) >= 11 is 0. The number of fused-ring (bicyclic) bond motifs is 1. The van der Waals surface area contributed by atoms with Crippen LogP contribution in [0.15, 0.2) is 38.8 Å². The molecule has 10 heteroatoms. The zero-order chi connectivity index (χ0) is 20.6. The average molecular weight is 405 g/mol. The Kier molecular flexibility index (Phi) is 5.03. The predicted molar refractivity (Wildman–Crippen MR) is 98.3 cm³/mol. The van der Waals surface area contributed by atoms with E-state index in [2.05, 4.69) is 30.0 Å². The van der Waals surface area contributed by atoms with Crippen LogP contribution in [0.5, 0.6) is 0 Å². The first-order valence-electron chi connectivity index (χ1n) is 9.20. The molecule has 1 aromatic heterocycles. The van der Waals surface area contributed by atoms with Gasteiger partial charge in [0.1, 0.15) is 5.84 Å². The van der Waals surface area contributed by atoms with Crippen LogP contribution in [0.2, 0.25) is 0 Å². The molecule has 1 fully saturated rings. The summed E-state index contributed by atoms with van der Waals surface area (Å²) in [5, 5.41) is 6.81.